The summed E-state index contributed by atoms with van der Waals surface area (Å²) < 4.78 is 1.37. The number of nitrogens with zero attached hydrogens (tertiary/aromatic N) is 5. The molecule has 8 nitrogen and oxygen atoms in total. The number of nitrogens with one attached hydrogen (secondary N) is 1. The molecule has 2 aromatic rings. The van der Waals surface area contributed by atoms with Crippen LogP contribution in [0, 0.1) is 11.3 Å². The van der Waals surface area contributed by atoms with Crippen LogP contribution < -0.4 is 5.56 Å². The molecule has 33 heavy (non-hydrogen) atoms. The maximum Gasteiger partial charge on any atom is 0.280 e. The van der Waals surface area contributed by atoms with Crippen molar-refractivity contribution in [2.45, 2.75) is 32.2 Å². The van der Waals surface area contributed by atoms with Crippen molar-refractivity contribution < 1.29 is 4.79 Å². The highest BCUT2D eigenvalue weighted by molar-refractivity contribution is 5.94. The van der Waals surface area contributed by atoms with E-state index in [9.17, 15) is 9.59 Å². The van der Waals surface area contributed by atoms with E-state index in [0.717, 1.165) is 43.4 Å². The molecule has 2 fully saturated rings. The van der Waals surface area contributed by atoms with Crippen molar-refractivity contribution in [3.63, 3.8) is 0 Å². The van der Waals surface area contributed by atoms with E-state index in [4.69, 9.17) is 5.26 Å². The number of carbonyl (C=O) groups is 1. The van der Waals surface area contributed by atoms with E-state index in [-0.39, 0.29) is 11.5 Å². The maximum absolute atomic E-state index is 13.1. The maximum atomic E-state index is 13.1. The lowest BCUT2D eigenvalue weighted by atomic mass is 10.0. The van der Waals surface area contributed by atoms with Gasteiger partial charge in [-0.15, -0.1) is 0 Å². The highest BCUT2D eigenvalue weighted by Gasteiger charge is 2.32. The van der Waals surface area contributed by atoms with Crippen LogP contribution in [0.4, 0.5) is 0 Å². The number of hydrogen-bond acceptors (Lipinski definition) is 5. The van der Waals surface area contributed by atoms with Crippen LogP contribution in [-0.2, 0) is 0 Å². The molecule has 168 valence electrons. The molecule has 2 aliphatic carbocycles. The Bertz CT molecular complexity index is 1260. The second-order valence-electron chi connectivity index (χ2n) is 8.79. The number of nitriles is 1. The third-order valence-electron chi connectivity index (χ3n) is 6.60. The van der Waals surface area contributed by atoms with Crippen molar-refractivity contribution in [2.75, 3.05) is 26.2 Å². The van der Waals surface area contributed by atoms with Crippen LogP contribution in [0.5, 0.6) is 0 Å². The zero-order valence-corrected chi connectivity index (χ0v) is 18.6. The predicted molar refractivity (Wildman–Crippen MR) is 125 cm³/mol. The average molecular weight is 443 g/mol. The van der Waals surface area contributed by atoms with Gasteiger partial charge in [0, 0.05) is 50.2 Å². The molecule has 3 heterocycles. The quantitative estimate of drug-likeness (QED) is 0.785. The first kappa shape index (κ1) is 21.2. The summed E-state index contributed by atoms with van der Waals surface area (Å²) in [6.45, 7) is 5.29. The molecule has 0 radical (unpaired) electrons. The van der Waals surface area contributed by atoms with Crippen molar-refractivity contribution in [3.05, 3.63) is 75.4 Å². The molecule has 1 aliphatic heterocycles. The van der Waals surface area contributed by atoms with Gasteiger partial charge in [0.15, 0.2) is 5.82 Å². The van der Waals surface area contributed by atoms with Gasteiger partial charge in [-0.05, 0) is 50.0 Å². The molecule has 1 saturated heterocycles. The van der Waals surface area contributed by atoms with Crippen LogP contribution in [0.2, 0.25) is 0 Å². The van der Waals surface area contributed by atoms with Crippen molar-refractivity contribution in [3.8, 4) is 11.9 Å². The fourth-order valence-corrected chi connectivity index (χ4v) is 4.45. The van der Waals surface area contributed by atoms with Crippen LogP contribution in [0.15, 0.2) is 58.7 Å². The summed E-state index contributed by atoms with van der Waals surface area (Å²) in [6.07, 6.45) is 11.8. The van der Waals surface area contributed by atoms with Crippen molar-refractivity contribution in [1.82, 2.24) is 24.6 Å². The topological polar surface area (TPSA) is 98.0 Å². The summed E-state index contributed by atoms with van der Waals surface area (Å²) in [6, 6.07) is 6.29. The Labute approximate surface area is 192 Å². The van der Waals surface area contributed by atoms with E-state index in [1.165, 1.54) is 23.7 Å². The van der Waals surface area contributed by atoms with Crippen LogP contribution >= 0.6 is 0 Å². The Morgan fingerprint density at radius 2 is 1.97 bits per heavy atom. The van der Waals surface area contributed by atoms with Crippen LogP contribution in [-0.4, -0.2) is 62.7 Å². The smallest absolute Gasteiger partial charge is 0.280 e. The van der Waals surface area contributed by atoms with Crippen molar-refractivity contribution >= 4 is 11.5 Å². The minimum absolute atomic E-state index is 0.0193. The molecule has 1 saturated carbocycles. The first-order valence-corrected chi connectivity index (χ1v) is 11.3. The highest BCUT2D eigenvalue weighted by atomic mass is 16.2. The van der Waals surface area contributed by atoms with Crippen molar-refractivity contribution in [2.24, 2.45) is 0 Å². The summed E-state index contributed by atoms with van der Waals surface area (Å²) in [5, 5.41) is 12.1. The summed E-state index contributed by atoms with van der Waals surface area (Å²) >= 11 is 0. The summed E-state index contributed by atoms with van der Waals surface area (Å²) in [4.78, 5) is 34.7. The SMILES string of the molecule is CC1=C(c2c[nH]n(-c3ccc(C(=O)N4CCN(C5CC5)CC4)cn3)c2=O)C=CC(C#N)=CC1. The fourth-order valence-electron chi connectivity index (χ4n) is 4.45. The third kappa shape index (κ3) is 4.20. The zero-order valence-electron chi connectivity index (χ0n) is 18.6. The first-order valence-electron chi connectivity index (χ1n) is 11.3. The normalized spacial score (nSPS) is 19.3. The Hall–Kier alpha value is -3.70. The summed E-state index contributed by atoms with van der Waals surface area (Å²) in [5.41, 5.74) is 3.21. The molecular weight excluding hydrogens is 416 g/mol. The minimum atomic E-state index is -0.225. The molecule has 8 heteroatoms. The number of piperazine rings is 1. The number of amides is 1. The monoisotopic (exact) mass is 442 g/mol. The lowest BCUT2D eigenvalue weighted by Crippen LogP contribution is -2.49. The summed E-state index contributed by atoms with van der Waals surface area (Å²) in [5.74, 6) is 0.405. The Kier molecular flexibility index (Phi) is 5.56. The van der Waals surface area contributed by atoms with E-state index >= 15 is 0 Å². The van der Waals surface area contributed by atoms with Gasteiger partial charge in [0.2, 0.25) is 0 Å². The van der Waals surface area contributed by atoms with Crippen LogP contribution in [0.25, 0.3) is 11.4 Å². The van der Waals surface area contributed by atoms with Crippen LogP contribution in [0.1, 0.15) is 42.1 Å². The second-order valence-corrected chi connectivity index (χ2v) is 8.79. The van der Waals surface area contributed by atoms with E-state index in [2.05, 4.69) is 21.1 Å². The zero-order chi connectivity index (χ0) is 22.9. The van der Waals surface area contributed by atoms with Gasteiger partial charge in [0.05, 0.1) is 17.2 Å². The molecular formula is C25H26N6O2. The standard InChI is InChI=1S/C25H26N6O2/c1-17-2-3-18(14-26)4-8-21(17)22-16-28-31(25(22)33)23-9-5-19(15-27-23)24(32)30-12-10-29(11-13-30)20-6-7-20/h3-5,8-9,15-16,20,28H,2,6-7,10-13H2,1H3. The molecule has 2 aromatic heterocycles. The van der Waals surface area contributed by atoms with E-state index in [1.54, 1.807) is 24.4 Å². The van der Waals surface area contributed by atoms with Gasteiger partial charge in [-0.2, -0.15) is 5.26 Å². The predicted octanol–water partition coefficient (Wildman–Crippen LogP) is 2.66. The van der Waals surface area contributed by atoms with Gasteiger partial charge < -0.3 is 4.90 Å². The molecule has 5 rings (SSSR count). The average Bonchev–Trinajstić information content (AvgIpc) is 3.66. The number of allylic oxidation sites excluding steroid dienone is 6. The molecule has 0 atom stereocenters. The van der Waals surface area contributed by atoms with Gasteiger partial charge in [-0.25, -0.2) is 9.67 Å². The number of aromatic nitrogens is 3. The third-order valence-corrected chi connectivity index (χ3v) is 6.60. The van der Waals surface area contributed by atoms with E-state index < -0.39 is 0 Å². The molecule has 0 spiro atoms. The number of hydrogen-bond donors (Lipinski definition) is 1. The van der Waals surface area contributed by atoms with E-state index in [0.29, 0.717) is 28.9 Å². The largest absolute Gasteiger partial charge is 0.336 e. The highest BCUT2D eigenvalue weighted by Crippen LogP contribution is 2.28. The Balaban J connectivity index is 1.32. The second kappa shape index (κ2) is 8.68. The number of carbonyl (C=O) groups excluding carboxylic acids is 1. The molecule has 1 amide bonds. The first-order chi connectivity index (χ1) is 16.0. The minimum Gasteiger partial charge on any atom is -0.336 e. The molecule has 0 unspecified atom stereocenters. The lowest BCUT2D eigenvalue weighted by Gasteiger charge is -2.34. The van der Waals surface area contributed by atoms with Crippen LogP contribution in [0.3, 0.4) is 0 Å². The fraction of sp³-hybridized carbons (Fsp3) is 0.360. The Morgan fingerprint density at radius 3 is 2.64 bits per heavy atom. The van der Waals surface area contributed by atoms with Gasteiger partial charge in [-0.1, -0.05) is 17.7 Å². The Morgan fingerprint density at radius 1 is 1.18 bits per heavy atom. The lowest BCUT2D eigenvalue weighted by molar-refractivity contribution is 0.0627. The number of rotatable bonds is 4. The number of pyridine rings is 1. The van der Waals surface area contributed by atoms with Gasteiger partial charge >= 0.3 is 0 Å². The van der Waals surface area contributed by atoms with Gasteiger partial charge in [-0.3, -0.25) is 19.6 Å². The number of aromatic amines is 1. The van der Waals surface area contributed by atoms with Crippen molar-refractivity contribution in [1.29, 1.82) is 5.26 Å². The van der Waals surface area contributed by atoms with Gasteiger partial charge in [0.1, 0.15) is 0 Å². The molecule has 1 N–H and O–H groups in total. The molecule has 0 aromatic carbocycles. The summed E-state index contributed by atoms with van der Waals surface area (Å²) in [7, 11) is 0. The number of H-pyrrole nitrogens is 1. The van der Waals surface area contributed by atoms with Gasteiger partial charge in [0.25, 0.3) is 11.5 Å². The molecule has 3 aliphatic rings. The van der Waals surface area contributed by atoms with E-state index in [1.807, 2.05) is 24.0 Å². The molecule has 0 bridgehead atoms.